The van der Waals surface area contributed by atoms with E-state index < -0.39 is 27.9 Å². The van der Waals surface area contributed by atoms with Gasteiger partial charge < -0.3 is 10.4 Å². The van der Waals surface area contributed by atoms with E-state index in [4.69, 9.17) is 5.11 Å². The molecule has 1 fully saturated rings. The summed E-state index contributed by atoms with van der Waals surface area (Å²) in [7, 11) is -3.66. The molecule has 2 rings (SSSR count). The molecule has 122 valence electrons. The molecule has 1 amide bonds. The maximum Gasteiger partial charge on any atom is 0.305 e. The van der Waals surface area contributed by atoms with Crippen LogP contribution in [-0.2, 0) is 14.8 Å². The molecule has 1 aromatic rings. The number of hydrogen-bond donors (Lipinski definition) is 2. The standard InChI is InChI=1S/C13H18N2O5S2/c1-9(8-11(16)17)14-13(18)12-10(4-7-21-12)22(19,20)15-5-2-3-6-15/h4,7,9H,2-3,5-6,8H2,1H3,(H,14,18)(H,16,17). The molecule has 2 N–H and O–H groups in total. The van der Waals surface area contributed by atoms with E-state index in [1.165, 1.54) is 10.4 Å². The number of carboxylic acids is 1. The van der Waals surface area contributed by atoms with Gasteiger partial charge in [0.1, 0.15) is 9.77 Å². The minimum absolute atomic E-state index is 0.000532. The van der Waals surface area contributed by atoms with Crippen LogP contribution in [0.2, 0.25) is 0 Å². The minimum Gasteiger partial charge on any atom is -0.481 e. The van der Waals surface area contributed by atoms with E-state index in [-0.39, 0.29) is 16.2 Å². The van der Waals surface area contributed by atoms with Crippen molar-refractivity contribution in [1.29, 1.82) is 0 Å². The van der Waals surface area contributed by atoms with Gasteiger partial charge in [0.05, 0.1) is 6.42 Å². The van der Waals surface area contributed by atoms with Crippen LogP contribution in [0.3, 0.4) is 0 Å². The molecule has 0 bridgehead atoms. The van der Waals surface area contributed by atoms with Gasteiger partial charge in [0.25, 0.3) is 5.91 Å². The van der Waals surface area contributed by atoms with E-state index >= 15 is 0 Å². The number of amides is 1. The average Bonchev–Trinajstić information content (AvgIpc) is 3.09. The molecule has 22 heavy (non-hydrogen) atoms. The highest BCUT2D eigenvalue weighted by atomic mass is 32.2. The lowest BCUT2D eigenvalue weighted by Crippen LogP contribution is -2.35. The van der Waals surface area contributed by atoms with Crippen molar-refractivity contribution >= 4 is 33.2 Å². The number of hydrogen-bond acceptors (Lipinski definition) is 5. The third kappa shape index (κ3) is 3.65. The molecule has 0 spiro atoms. The highest BCUT2D eigenvalue weighted by Gasteiger charge is 2.32. The fraction of sp³-hybridized carbons (Fsp3) is 0.538. The van der Waals surface area contributed by atoms with E-state index in [2.05, 4.69) is 5.32 Å². The van der Waals surface area contributed by atoms with Crippen molar-refractivity contribution in [2.45, 2.75) is 37.1 Å². The smallest absolute Gasteiger partial charge is 0.305 e. The summed E-state index contributed by atoms with van der Waals surface area (Å²) in [4.78, 5) is 22.9. The molecule has 0 radical (unpaired) electrons. The highest BCUT2D eigenvalue weighted by Crippen LogP contribution is 2.27. The summed E-state index contributed by atoms with van der Waals surface area (Å²) < 4.78 is 26.5. The SMILES string of the molecule is CC(CC(=O)O)NC(=O)c1sccc1S(=O)(=O)N1CCCC1. The molecule has 7 nitrogen and oxygen atoms in total. The molecule has 2 heterocycles. The third-order valence-electron chi connectivity index (χ3n) is 3.38. The van der Waals surface area contributed by atoms with E-state index in [9.17, 15) is 18.0 Å². The van der Waals surface area contributed by atoms with Crippen LogP contribution in [0, 0.1) is 0 Å². The number of nitrogens with one attached hydrogen (secondary N) is 1. The lowest BCUT2D eigenvalue weighted by atomic mass is 10.2. The molecule has 1 aliphatic rings. The van der Waals surface area contributed by atoms with Crippen LogP contribution in [0.4, 0.5) is 0 Å². The summed E-state index contributed by atoms with van der Waals surface area (Å²) in [6.07, 6.45) is 1.42. The van der Waals surface area contributed by atoms with Crippen molar-refractivity contribution in [1.82, 2.24) is 9.62 Å². The Morgan fingerprint density at radius 3 is 2.64 bits per heavy atom. The van der Waals surface area contributed by atoms with Gasteiger partial charge in [-0.3, -0.25) is 9.59 Å². The van der Waals surface area contributed by atoms with Crippen LogP contribution in [0.5, 0.6) is 0 Å². The van der Waals surface area contributed by atoms with Crippen molar-refractivity contribution < 1.29 is 23.1 Å². The molecule has 9 heteroatoms. The Hall–Kier alpha value is -1.45. The molecular formula is C13H18N2O5S2. The van der Waals surface area contributed by atoms with E-state index in [0.717, 1.165) is 24.2 Å². The van der Waals surface area contributed by atoms with Crippen molar-refractivity contribution in [2.75, 3.05) is 13.1 Å². The number of nitrogens with zero attached hydrogens (tertiary/aromatic N) is 1. The van der Waals surface area contributed by atoms with E-state index in [0.29, 0.717) is 13.1 Å². The number of sulfonamides is 1. The first-order chi connectivity index (χ1) is 10.3. The summed E-state index contributed by atoms with van der Waals surface area (Å²) in [6.45, 7) is 2.50. The second-order valence-electron chi connectivity index (χ2n) is 5.20. The maximum atomic E-state index is 12.5. The van der Waals surface area contributed by atoms with Crippen LogP contribution in [0.25, 0.3) is 0 Å². The molecule has 0 aromatic carbocycles. The monoisotopic (exact) mass is 346 g/mol. The zero-order valence-electron chi connectivity index (χ0n) is 12.1. The maximum absolute atomic E-state index is 12.5. The molecule has 0 aliphatic carbocycles. The van der Waals surface area contributed by atoms with Crippen molar-refractivity contribution in [3.05, 3.63) is 16.3 Å². The predicted octanol–water partition coefficient (Wildman–Crippen LogP) is 1.13. The first-order valence-electron chi connectivity index (χ1n) is 6.92. The van der Waals surface area contributed by atoms with Crippen molar-refractivity contribution in [2.24, 2.45) is 0 Å². The normalized spacial score (nSPS) is 17.3. The zero-order chi connectivity index (χ0) is 16.3. The molecule has 1 aromatic heterocycles. The largest absolute Gasteiger partial charge is 0.481 e. The van der Waals surface area contributed by atoms with E-state index in [1.54, 1.807) is 12.3 Å². The van der Waals surface area contributed by atoms with Crippen molar-refractivity contribution in [3.8, 4) is 0 Å². The Kier molecular flexibility index (Phi) is 5.20. The quantitative estimate of drug-likeness (QED) is 0.803. The number of carboxylic acid groups (broad SMARTS) is 1. The number of carbonyl (C=O) groups excluding carboxylic acids is 1. The van der Waals surface area contributed by atoms with Crippen LogP contribution in [0.15, 0.2) is 16.3 Å². The summed E-state index contributed by atoms with van der Waals surface area (Å²) in [5, 5.41) is 12.8. The Balaban J connectivity index is 2.18. The van der Waals surface area contributed by atoms with Crippen molar-refractivity contribution in [3.63, 3.8) is 0 Å². The first kappa shape index (κ1) is 16.9. The Bertz CT molecular complexity index is 662. The van der Waals surface area contributed by atoms with Crippen LogP contribution in [-0.4, -0.2) is 48.8 Å². The minimum atomic E-state index is -3.66. The van der Waals surface area contributed by atoms with Gasteiger partial charge in [0, 0.05) is 19.1 Å². The fourth-order valence-corrected chi connectivity index (χ4v) is 5.16. The highest BCUT2D eigenvalue weighted by molar-refractivity contribution is 7.89. The number of rotatable bonds is 6. The summed E-state index contributed by atoms with van der Waals surface area (Å²) in [5.41, 5.74) is 0. The predicted molar refractivity (Wildman–Crippen MR) is 81.5 cm³/mol. The van der Waals surface area contributed by atoms with Gasteiger partial charge in [-0.15, -0.1) is 11.3 Å². The summed E-state index contributed by atoms with van der Waals surface area (Å²) in [6, 6.07) is 0.851. The molecular weight excluding hydrogens is 328 g/mol. The van der Waals surface area contributed by atoms with Gasteiger partial charge >= 0.3 is 5.97 Å². The van der Waals surface area contributed by atoms with Crippen LogP contribution < -0.4 is 5.32 Å². The topological polar surface area (TPSA) is 104 Å². The first-order valence-corrected chi connectivity index (χ1v) is 9.24. The molecule has 1 unspecified atom stereocenters. The van der Waals surface area contributed by atoms with Gasteiger partial charge in [-0.05, 0) is 31.2 Å². The van der Waals surface area contributed by atoms with Gasteiger partial charge in [0.2, 0.25) is 10.0 Å². The second-order valence-corrected chi connectivity index (χ2v) is 8.02. The summed E-state index contributed by atoms with van der Waals surface area (Å²) >= 11 is 1.04. The third-order valence-corrected chi connectivity index (χ3v) is 6.36. The lowest BCUT2D eigenvalue weighted by Gasteiger charge is -2.16. The number of carbonyl (C=O) groups is 2. The van der Waals surface area contributed by atoms with Gasteiger partial charge in [-0.1, -0.05) is 0 Å². The van der Waals surface area contributed by atoms with Crippen LogP contribution in [0.1, 0.15) is 35.9 Å². The van der Waals surface area contributed by atoms with Gasteiger partial charge in [0.15, 0.2) is 0 Å². The molecule has 1 aliphatic heterocycles. The van der Waals surface area contributed by atoms with Crippen LogP contribution >= 0.6 is 11.3 Å². The Labute approximate surface area is 133 Å². The Morgan fingerprint density at radius 2 is 2.05 bits per heavy atom. The average molecular weight is 346 g/mol. The zero-order valence-corrected chi connectivity index (χ0v) is 13.7. The van der Waals surface area contributed by atoms with Gasteiger partial charge in [-0.2, -0.15) is 4.31 Å². The second kappa shape index (κ2) is 6.76. The van der Waals surface area contributed by atoms with E-state index in [1.807, 2.05) is 0 Å². The number of aliphatic carboxylic acids is 1. The van der Waals surface area contributed by atoms with Gasteiger partial charge in [-0.25, -0.2) is 8.42 Å². The summed E-state index contributed by atoms with van der Waals surface area (Å²) in [5.74, 6) is -1.58. The molecule has 1 saturated heterocycles. The Morgan fingerprint density at radius 1 is 1.41 bits per heavy atom. The molecule has 0 saturated carbocycles. The number of thiophene rings is 1. The fourth-order valence-electron chi connectivity index (χ4n) is 2.34. The molecule has 1 atom stereocenters. The lowest BCUT2D eigenvalue weighted by molar-refractivity contribution is -0.137.